The van der Waals surface area contributed by atoms with Crippen molar-refractivity contribution in [2.75, 3.05) is 31.2 Å². The lowest BCUT2D eigenvalue weighted by atomic mass is 9.85. The van der Waals surface area contributed by atoms with Gasteiger partial charge in [-0.1, -0.05) is 38.0 Å². The van der Waals surface area contributed by atoms with Crippen molar-refractivity contribution in [3.05, 3.63) is 29.3 Å². The zero-order valence-corrected chi connectivity index (χ0v) is 13.7. The molecule has 1 aromatic heterocycles. The van der Waals surface area contributed by atoms with Crippen LogP contribution in [0.2, 0.25) is 0 Å². The highest BCUT2D eigenvalue weighted by Gasteiger charge is 2.20. The van der Waals surface area contributed by atoms with Crippen LogP contribution in [0, 0.1) is 6.92 Å². The minimum absolute atomic E-state index is 0.136. The van der Waals surface area contributed by atoms with Crippen LogP contribution < -0.4 is 4.90 Å². The Morgan fingerprint density at radius 3 is 2.45 bits per heavy atom. The summed E-state index contributed by atoms with van der Waals surface area (Å²) in [4.78, 5) is 2.07. The first-order valence-corrected chi connectivity index (χ1v) is 7.73. The molecule has 22 heavy (non-hydrogen) atoms. The molecule has 0 saturated carbocycles. The van der Waals surface area contributed by atoms with Gasteiger partial charge in [-0.15, -0.1) is 5.10 Å². The molecule has 0 aliphatic carbocycles. The lowest BCUT2D eigenvalue weighted by Gasteiger charge is -2.24. The second kappa shape index (κ2) is 5.72. The molecule has 0 atom stereocenters. The minimum atomic E-state index is 0.136. The second-order valence-corrected chi connectivity index (χ2v) is 6.77. The van der Waals surface area contributed by atoms with Gasteiger partial charge in [-0.3, -0.25) is 0 Å². The largest absolute Gasteiger partial charge is 0.403 e. The average Bonchev–Trinajstić information content (AvgIpc) is 2.96. The third-order valence-corrected chi connectivity index (χ3v) is 4.02. The number of morpholine rings is 1. The standard InChI is InChI=1S/C17H23N3O2/c1-12-11-13(17(2,3)4)5-6-14(12)15-18-19-16(22-15)20-7-9-21-10-8-20/h5-6,11H,7-10H2,1-4H3. The summed E-state index contributed by atoms with van der Waals surface area (Å²) in [6.45, 7) is 11.7. The molecule has 2 aromatic rings. The van der Waals surface area contributed by atoms with Gasteiger partial charge in [-0.25, -0.2) is 0 Å². The van der Waals surface area contributed by atoms with Gasteiger partial charge in [0.25, 0.3) is 0 Å². The third-order valence-electron chi connectivity index (χ3n) is 4.02. The molecule has 5 nitrogen and oxygen atoms in total. The fourth-order valence-electron chi connectivity index (χ4n) is 2.58. The van der Waals surface area contributed by atoms with Crippen LogP contribution in [0.1, 0.15) is 31.9 Å². The Hall–Kier alpha value is -1.88. The van der Waals surface area contributed by atoms with E-state index in [-0.39, 0.29) is 5.41 Å². The number of benzene rings is 1. The molecule has 1 aliphatic heterocycles. The summed E-state index contributed by atoms with van der Waals surface area (Å²) in [5, 5.41) is 8.40. The molecule has 1 aromatic carbocycles. The van der Waals surface area contributed by atoms with E-state index < -0.39 is 0 Å². The molecular formula is C17H23N3O2. The third kappa shape index (κ3) is 2.99. The van der Waals surface area contributed by atoms with Gasteiger partial charge in [-0.05, 0) is 29.5 Å². The van der Waals surface area contributed by atoms with E-state index >= 15 is 0 Å². The topological polar surface area (TPSA) is 51.4 Å². The van der Waals surface area contributed by atoms with Crippen molar-refractivity contribution in [3.8, 4) is 11.5 Å². The van der Waals surface area contributed by atoms with E-state index in [0.717, 1.165) is 24.2 Å². The summed E-state index contributed by atoms with van der Waals surface area (Å²) in [5.74, 6) is 0.583. The maximum Gasteiger partial charge on any atom is 0.318 e. The van der Waals surface area contributed by atoms with Gasteiger partial charge in [0.2, 0.25) is 5.89 Å². The number of aromatic nitrogens is 2. The predicted molar refractivity (Wildman–Crippen MR) is 86.2 cm³/mol. The molecule has 1 fully saturated rings. The van der Waals surface area contributed by atoms with Crippen LogP contribution in [0.25, 0.3) is 11.5 Å². The highest BCUT2D eigenvalue weighted by atomic mass is 16.5. The van der Waals surface area contributed by atoms with E-state index in [1.807, 2.05) is 0 Å². The van der Waals surface area contributed by atoms with Crippen molar-refractivity contribution in [1.82, 2.24) is 10.2 Å². The summed E-state index contributed by atoms with van der Waals surface area (Å²) >= 11 is 0. The Balaban J connectivity index is 1.87. The molecule has 0 bridgehead atoms. The Morgan fingerprint density at radius 2 is 1.82 bits per heavy atom. The first-order valence-electron chi connectivity index (χ1n) is 7.73. The zero-order valence-electron chi connectivity index (χ0n) is 13.7. The number of aryl methyl sites for hydroxylation is 1. The first-order chi connectivity index (χ1) is 10.4. The maximum atomic E-state index is 5.86. The molecule has 2 heterocycles. The van der Waals surface area contributed by atoms with Gasteiger partial charge < -0.3 is 14.1 Å². The number of rotatable bonds is 2. The SMILES string of the molecule is Cc1cc(C(C)(C)C)ccc1-c1nnc(N2CCOCC2)o1. The van der Waals surface area contributed by atoms with E-state index in [1.54, 1.807) is 0 Å². The van der Waals surface area contributed by atoms with Crippen LogP contribution in [0.3, 0.4) is 0 Å². The van der Waals surface area contributed by atoms with Crippen molar-refractivity contribution in [1.29, 1.82) is 0 Å². The van der Waals surface area contributed by atoms with E-state index in [0.29, 0.717) is 25.1 Å². The number of anilines is 1. The highest BCUT2D eigenvalue weighted by Crippen LogP contribution is 2.30. The molecule has 3 rings (SSSR count). The molecule has 0 unspecified atom stereocenters. The Kier molecular flexibility index (Phi) is 3.91. The lowest BCUT2D eigenvalue weighted by molar-refractivity contribution is 0.120. The molecule has 1 saturated heterocycles. The number of nitrogens with zero attached hydrogens (tertiary/aromatic N) is 3. The summed E-state index contributed by atoms with van der Waals surface area (Å²) < 4.78 is 11.2. The fraction of sp³-hybridized carbons (Fsp3) is 0.529. The maximum absolute atomic E-state index is 5.86. The van der Waals surface area contributed by atoms with Crippen LogP contribution in [-0.4, -0.2) is 36.5 Å². The Labute approximate surface area is 131 Å². The normalized spacial score (nSPS) is 16.1. The summed E-state index contributed by atoms with van der Waals surface area (Å²) in [6, 6.07) is 7.00. The van der Waals surface area contributed by atoms with E-state index in [1.165, 1.54) is 5.56 Å². The summed E-state index contributed by atoms with van der Waals surface area (Å²) in [5.41, 5.74) is 3.60. The smallest absolute Gasteiger partial charge is 0.318 e. The molecule has 5 heteroatoms. The van der Waals surface area contributed by atoms with Gasteiger partial charge in [-0.2, -0.15) is 0 Å². The van der Waals surface area contributed by atoms with Crippen LogP contribution >= 0.6 is 0 Å². The Bertz CT molecular complexity index is 652. The molecule has 0 radical (unpaired) electrons. The number of hydrogen-bond donors (Lipinski definition) is 0. The van der Waals surface area contributed by atoms with E-state index in [4.69, 9.17) is 9.15 Å². The summed E-state index contributed by atoms with van der Waals surface area (Å²) in [7, 11) is 0. The van der Waals surface area contributed by atoms with Crippen molar-refractivity contribution in [2.45, 2.75) is 33.1 Å². The van der Waals surface area contributed by atoms with Crippen LogP contribution in [0.4, 0.5) is 6.01 Å². The highest BCUT2D eigenvalue weighted by molar-refractivity contribution is 5.60. The monoisotopic (exact) mass is 301 g/mol. The second-order valence-electron chi connectivity index (χ2n) is 6.77. The molecular weight excluding hydrogens is 278 g/mol. The minimum Gasteiger partial charge on any atom is -0.403 e. The first kappa shape index (κ1) is 15.0. The van der Waals surface area contributed by atoms with Gasteiger partial charge >= 0.3 is 6.01 Å². The van der Waals surface area contributed by atoms with Crippen LogP contribution in [0.15, 0.2) is 22.6 Å². The quantitative estimate of drug-likeness (QED) is 0.852. The van der Waals surface area contributed by atoms with Crippen molar-refractivity contribution in [3.63, 3.8) is 0 Å². The van der Waals surface area contributed by atoms with Gasteiger partial charge in [0.05, 0.1) is 13.2 Å². The lowest BCUT2D eigenvalue weighted by Crippen LogP contribution is -2.36. The van der Waals surface area contributed by atoms with Crippen LogP contribution in [-0.2, 0) is 10.2 Å². The van der Waals surface area contributed by atoms with Gasteiger partial charge in [0.1, 0.15) is 0 Å². The van der Waals surface area contributed by atoms with Gasteiger partial charge in [0, 0.05) is 18.7 Å². The van der Waals surface area contributed by atoms with Crippen molar-refractivity contribution >= 4 is 6.01 Å². The van der Waals surface area contributed by atoms with Crippen molar-refractivity contribution < 1.29 is 9.15 Å². The Morgan fingerprint density at radius 1 is 1.09 bits per heavy atom. The predicted octanol–water partition coefficient (Wildman–Crippen LogP) is 3.18. The molecule has 0 amide bonds. The van der Waals surface area contributed by atoms with Gasteiger partial charge in [0.15, 0.2) is 0 Å². The molecule has 0 spiro atoms. The fourth-order valence-corrected chi connectivity index (χ4v) is 2.58. The van der Waals surface area contributed by atoms with E-state index in [9.17, 15) is 0 Å². The zero-order chi connectivity index (χ0) is 15.7. The molecule has 1 aliphatic rings. The molecule has 118 valence electrons. The van der Waals surface area contributed by atoms with E-state index in [2.05, 4.69) is 61.0 Å². The summed E-state index contributed by atoms with van der Waals surface area (Å²) in [6.07, 6.45) is 0. The number of ether oxygens (including phenoxy) is 1. The number of hydrogen-bond acceptors (Lipinski definition) is 5. The average molecular weight is 301 g/mol. The van der Waals surface area contributed by atoms with Crippen LogP contribution in [0.5, 0.6) is 0 Å². The van der Waals surface area contributed by atoms with Crippen molar-refractivity contribution in [2.24, 2.45) is 0 Å². The molecule has 0 N–H and O–H groups in total.